The van der Waals surface area contributed by atoms with Gasteiger partial charge in [0.25, 0.3) is 0 Å². The molecule has 0 aromatic heterocycles. The molecule has 0 rings (SSSR count). The first-order valence-electron chi connectivity index (χ1n) is 24.8. The summed E-state index contributed by atoms with van der Waals surface area (Å²) in [6, 6.07) is 0. The third-order valence-electron chi connectivity index (χ3n) is 10.8. The average Bonchev–Trinajstić information content (AvgIpc) is 3.17. The first-order valence-corrected chi connectivity index (χ1v) is 26.2. The van der Waals surface area contributed by atoms with Crippen LogP contribution in [0, 0.1) is 0 Å². The molecule has 0 spiro atoms. The quantitative estimate of drug-likeness (QED) is 0.0359. The van der Waals surface area contributed by atoms with Crippen LogP contribution in [-0.2, 0) is 9.09 Å². The van der Waals surface area contributed by atoms with Gasteiger partial charge in [-0.25, -0.2) is 0 Å². The molecule has 0 aliphatic heterocycles. The first-order chi connectivity index (χ1) is 26.9. The zero-order valence-corrected chi connectivity index (χ0v) is 44.7. The van der Waals surface area contributed by atoms with E-state index in [1.54, 1.807) is 0 Å². The molecule has 0 saturated carbocycles. The average molecular weight is 851 g/mol. The number of aliphatic hydroxyl groups excluding tert-OH is 2. The van der Waals surface area contributed by atoms with Crippen LogP contribution in [-0.4, -0.2) is 30.0 Å². The van der Waals surface area contributed by atoms with E-state index in [2.05, 4.69) is 25.3 Å². The van der Waals surface area contributed by atoms with Crippen molar-refractivity contribution in [3.8, 4) is 0 Å². The van der Waals surface area contributed by atoms with Gasteiger partial charge in [0.1, 0.15) is 0 Å². The summed E-state index contributed by atoms with van der Waals surface area (Å²) in [4.78, 5) is 20.3. The van der Waals surface area contributed by atoms with Gasteiger partial charge in [-0.3, -0.25) is 0 Å². The predicted octanol–water partition coefficient (Wildman–Crippen LogP) is 9.24. The number of phosphoric acid groups is 1. The molecular weight excluding hydrogens is 749 g/mol. The molecular formula is C48H101Na2O6P. The summed E-state index contributed by atoms with van der Waals surface area (Å²) in [6.45, 7) is 7.57. The Morgan fingerprint density at radius 3 is 0.632 bits per heavy atom. The summed E-state index contributed by atoms with van der Waals surface area (Å²) in [5.41, 5.74) is 0. The number of phosphoric ester groups is 1. The maximum absolute atomic E-state index is 10.1. The van der Waals surface area contributed by atoms with E-state index >= 15 is 0 Å². The number of hydrogen-bond donors (Lipinski definition) is 2. The van der Waals surface area contributed by atoms with Crippen molar-refractivity contribution >= 4 is 7.82 Å². The summed E-state index contributed by atoms with van der Waals surface area (Å²) in [5.74, 6) is 0. The molecule has 0 heterocycles. The Morgan fingerprint density at radius 2 is 0.474 bits per heavy atom. The number of unbranched alkanes of at least 4 members (excludes halogenated alkanes) is 39. The van der Waals surface area contributed by atoms with E-state index in [9.17, 15) is 14.4 Å². The third-order valence-corrected chi connectivity index (χ3v) is 11.3. The van der Waals surface area contributed by atoms with Gasteiger partial charge in [-0.1, -0.05) is 271 Å². The molecule has 0 aliphatic rings. The molecule has 0 amide bonds. The summed E-state index contributed by atoms with van der Waals surface area (Å²) in [5, 5.41) is 17.3. The van der Waals surface area contributed by atoms with Crippen molar-refractivity contribution in [1.82, 2.24) is 0 Å². The first kappa shape index (κ1) is 68.1. The van der Waals surface area contributed by atoms with Crippen molar-refractivity contribution in [3.05, 3.63) is 0 Å². The molecule has 0 aromatic rings. The third kappa shape index (κ3) is 79.0. The van der Waals surface area contributed by atoms with Gasteiger partial charge in [0.05, 0.1) is 14.4 Å². The van der Waals surface area contributed by atoms with E-state index in [4.69, 9.17) is 10.2 Å². The largest absolute Gasteiger partial charge is 1.00 e. The van der Waals surface area contributed by atoms with Crippen LogP contribution in [0.3, 0.4) is 0 Å². The van der Waals surface area contributed by atoms with Crippen molar-refractivity contribution in [2.24, 2.45) is 0 Å². The van der Waals surface area contributed by atoms with Crippen LogP contribution in [0.15, 0.2) is 0 Å². The van der Waals surface area contributed by atoms with Gasteiger partial charge >= 0.3 is 59.1 Å². The molecule has 0 unspecified atom stereocenters. The Bertz CT molecular complexity index is 619. The number of rotatable bonds is 44. The summed E-state index contributed by atoms with van der Waals surface area (Å²) in [6.07, 6.45) is 56.1. The van der Waals surface area contributed by atoms with E-state index < -0.39 is 7.82 Å². The molecule has 0 saturated heterocycles. The Kier molecular flexibility index (Phi) is 77.2. The molecule has 6 nitrogen and oxygen atoms in total. The Morgan fingerprint density at radius 1 is 0.316 bits per heavy atom. The minimum absolute atomic E-state index is 0. The smallest absolute Gasteiger partial charge is 0.790 e. The zero-order valence-electron chi connectivity index (χ0n) is 39.8. The van der Waals surface area contributed by atoms with Crippen LogP contribution in [0.25, 0.3) is 0 Å². The molecule has 0 aliphatic carbocycles. The summed E-state index contributed by atoms with van der Waals surface area (Å²) < 4.78 is 14.3. The van der Waals surface area contributed by atoms with Crippen molar-refractivity contribution in [3.63, 3.8) is 0 Å². The number of hydrogen-bond acceptors (Lipinski definition) is 6. The van der Waals surface area contributed by atoms with Gasteiger partial charge in [0, 0.05) is 13.2 Å². The van der Waals surface area contributed by atoms with Gasteiger partial charge in [0.15, 0.2) is 0 Å². The molecule has 336 valence electrons. The SMILES string of the molecule is CCCCCCCCCCCCCCCCCCO.CCCCCCCCCCCCCCCCCCO.CCCCCCCCCCCCOP(=O)([O-])[O-].[Na+].[Na+]. The van der Waals surface area contributed by atoms with Crippen LogP contribution < -0.4 is 68.9 Å². The fourth-order valence-corrected chi connectivity index (χ4v) is 7.44. The second-order valence-corrected chi connectivity index (χ2v) is 17.7. The molecule has 0 bridgehead atoms. The molecule has 0 fully saturated rings. The molecule has 0 atom stereocenters. The van der Waals surface area contributed by atoms with Crippen LogP contribution >= 0.6 is 7.82 Å². The fourth-order valence-electron chi connectivity index (χ4n) is 7.09. The normalized spacial score (nSPS) is 10.9. The molecule has 0 radical (unpaired) electrons. The van der Waals surface area contributed by atoms with Gasteiger partial charge < -0.3 is 29.1 Å². The van der Waals surface area contributed by atoms with Gasteiger partial charge in [-0.05, 0) is 19.3 Å². The van der Waals surface area contributed by atoms with Crippen molar-refractivity contribution in [2.45, 2.75) is 290 Å². The van der Waals surface area contributed by atoms with Crippen LogP contribution in [0.1, 0.15) is 290 Å². The van der Waals surface area contributed by atoms with Gasteiger partial charge in [-0.15, -0.1) is 0 Å². The van der Waals surface area contributed by atoms with Crippen molar-refractivity contribution in [2.75, 3.05) is 19.8 Å². The van der Waals surface area contributed by atoms with E-state index in [-0.39, 0.29) is 65.7 Å². The summed E-state index contributed by atoms with van der Waals surface area (Å²) >= 11 is 0. The minimum Gasteiger partial charge on any atom is -0.790 e. The van der Waals surface area contributed by atoms with E-state index in [1.807, 2.05) is 0 Å². The molecule has 2 N–H and O–H groups in total. The van der Waals surface area contributed by atoms with Gasteiger partial charge in [-0.2, -0.15) is 0 Å². The van der Waals surface area contributed by atoms with Crippen LogP contribution in [0.2, 0.25) is 0 Å². The fraction of sp³-hybridized carbons (Fsp3) is 1.00. The Hall–Kier alpha value is 2.03. The van der Waals surface area contributed by atoms with E-state index in [0.29, 0.717) is 19.6 Å². The molecule has 0 aromatic carbocycles. The van der Waals surface area contributed by atoms with Crippen molar-refractivity contribution < 1.29 is 88.2 Å². The molecule has 9 heteroatoms. The summed E-state index contributed by atoms with van der Waals surface area (Å²) in [7, 11) is -4.74. The van der Waals surface area contributed by atoms with Crippen molar-refractivity contribution in [1.29, 1.82) is 0 Å². The monoisotopic (exact) mass is 851 g/mol. The topological polar surface area (TPSA) is 113 Å². The van der Waals surface area contributed by atoms with Crippen LogP contribution in [0.5, 0.6) is 0 Å². The van der Waals surface area contributed by atoms with Gasteiger partial charge in [0.2, 0.25) is 0 Å². The van der Waals surface area contributed by atoms with Crippen LogP contribution in [0.4, 0.5) is 0 Å². The maximum atomic E-state index is 10.1. The molecule has 57 heavy (non-hydrogen) atoms. The number of aliphatic hydroxyl groups is 2. The predicted molar refractivity (Wildman–Crippen MR) is 239 cm³/mol. The standard InChI is InChI=1S/2C18H38O.C12H27O4P.2Na/c2*1-2-3-4-5-6-7-8-9-10-11-12-13-14-15-16-17-18-19;1-2-3-4-5-6-7-8-9-10-11-12-16-17(13,14)15;;/h2*19H,2-18H2,1H3;2-12H2,1H3,(H2,13,14,15);;/q;;;2*+1/p-2. The van der Waals surface area contributed by atoms with E-state index in [1.165, 1.54) is 238 Å². The second-order valence-electron chi connectivity index (χ2n) is 16.5. The maximum Gasteiger partial charge on any atom is 1.00 e. The second kappa shape index (κ2) is 64.7. The Labute approximate surface area is 403 Å². The van der Waals surface area contributed by atoms with E-state index in [0.717, 1.165) is 25.7 Å². The zero-order chi connectivity index (χ0) is 41.0. The Balaban J connectivity index is -0.000000234. The minimum atomic E-state index is -4.74.